The second-order valence-corrected chi connectivity index (χ2v) is 7.00. The van der Waals surface area contributed by atoms with E-state index in [1.54, 1.807) is 0 Å². The second-order valence-electron chi connectivity index (χ2n) is 6.19. The SMILES string of the molecule is CC(NCc1c(Cl)cccc1Cl)c1ccc(NC(=O)C2CC2)cc1. The van der Waals surface area contributed by atoms with E-state index in [4.69, 9.17) is 23.2 Å². The summed E-state index contributed by atoms with van der Waals surface area (Å²) in [5.41, 5.74) is 2.89. The first kappa shape index (κ1) is 17.3. The summed E-state index contributed by atoms with van der Waals surface area (Å²) in [6.45, 7) is 2.68. The minimum atomic E-state index is 0.127. The molecular weight excluding hydrogens is 343 g/mol. The number of hydrogen-bond donors (Lipinski definition) is 2. The summed E-state index contributed by atoms with van der Waals surface area (Å²) in [5.74, 6) is 0.341. The maximum atomic E-state index is 11.8. The normalized spacial score (nSPS) is 15.1. The van der Waals surface area contributed by atoms with Crippen LogP contribution < -0.4 is 10.6 Å². The van der Waals surface area contributed by atoms with Gasteiger partial charge in [0.05, 0.1) is 0 Å². The van der Waals surface area contributed by atoms with Gasteiger partial charge in [0.25, 0.3) is 0 Å². The van der Waals surface area contributed by atoms with Crippen molar-refractivity contribution in [3.8, 4) is 0 Å². The molecule has 2 N–H and O–H groups in total. The molecule has 0 radical (unpaired) electrons. The number of rotatable bonds is 6. The molecular formula is C19H20Cl2N2O. The maximum Gasteiger partial charge on any atom is 0.227 e. The van der Waals surface area contributed by atoms with Crippen LogP contribution in [0.4, 0.5) is 5.69 Å². The Labute approximate surface area is 152 Å². The molecule has 3 nitrogen and oxygen atoms in total. The molecule has 0 spiro atoms. The number of hydrogen-bond acceptors (Lipinski definition) is 2. The van der Waals surface area contributed by atoms with Crippen molar-refractivity contribution in [2.45, 2.75) is 32.4 Å². The van der Waals surface area contributed by atoms with Crippen molar-refractivity contribution in [2.24, 2.45) is 5.92 Å². The van der Waals surface area contributed by atoms with E-state index in [0.717, 1.165) is 29.7 Å². The Balaban J connectivity index is 1.58. The van der Waals surface area contributed by atoms with Gasteiger partial charge in [-0.1, -0.05) is 41.4 Å². The molecule has 0 bridgehead atoms. The van der Waals surface area contributed by atoms with Gasteiger partial charge in [-0.15, -0.1) is 0 Å². The molecule has 1 amide bonds. The molecule has 0 saturated heterocycles. The highest BCUT2D eigenvalue weighted by Gasteiger charge is 2.29. The molecule has 2 aromatic rings. The maximum absolute atomic E-state index is 11.8. The third-order valence-electron chi connectivity index (χ3n) is 4.27. The predicted molar refractivity (Wildman–Crippen MR) is 99.5 cm³/mol. The van der Waals surface area contributed by atoms with Gasteiger partial charge in [0.2, 0.25) is 5.91 Å². The Hall–Kier alpha value is -1.55. The highest BCUT2D eigenvalue weighted by Crippen LogP contribution is 2.30. The van der Waals surface area contributed by atoms with Crippen LogP contribution in [0.3, 0.4) is 0 Å². The van der Waals surface area contributed by atoms with Gasteiger partial charge < -0.3 is 10.6 Å². The van der Waals surface area contributed by atoms with Crippen LogP contribution >= 0.6 is 23.2 Å². The third-order valence-corrected chi connectivity index (χ3v) is 4.98. The van der Waals surface area contributed by atoms with Crippen LogP contribution in [-0.4, -0.2) is 5.91 Å². The number of halogens is 2. The predicted octanol–water partition coefficient (Wildman–Crippen LogP) is 5.19. The monoisotopic (exact) mass is 362 g/mol. The fourth-order valence-electron chi connectivity index (χ4n) is 2.52. The molecule has 1 saturated carbocycles. The summed E-state index contributed by atoms with van der Waals surface area (Å²) in [5, 5.41) is 7.71. The number of amides is 1. The number of nitrogens with one attached hydrogen (secondary N) is 2. The summed E-state index contributed by atoms with van der Waals surface area (Å²) in [7, 11) is 0. The van der Waals surface area contributed by atoms with E-state index in [0.29, 0.717) is 16.6 Å². The van der Waals surface area contributed by atoms with Crippen LogP contribution in [0.5, 0.6) is 0 Å². The average molecular weight is 363 g/mol. The van der Waals surface area contributed by atoms with Crippen molar-refractivity contribution >= 4 is 34.8 Å². The van der Waals surface area contributed by atoms with E-state index in [1.807, 2.05) is 42.5 Å². The van der Waals surface area contributed by atoms with Crippen molar-refractivity contribution < 1.29 is 4.79 Å². The van der Waals surface area contributed by atoms with Crippen LogP contribution in [0.2, 0.25) is 10.0 Å². The standard InChI is InChI=1S/C19H20Cl2N2O/c1-12(22-11-16-17(20)3-2-4-18(16)21)13-7-9-15(10-8-13)23-19(24)14-5-6-14/h2-4,7-10,12,14,22H,5-6,11H2,1H3,(H,23,24). The van der Waals surface area contributed by atoms with Crippen molar-refractivity contribution in [2.75, 3.05) is 5.32 Å². The molecule has 1 atom stereocenters. The van der Waals surface area contributed by atoms with Gasteiger partial charge in [-0.05, 0) is 49.6 Å². The minimum absolute atomic E-state index is 0.127. The topological polar surface area (TPSA) is 41.1 Å². The first-order valence-corrected chi connectivity index (χ1v) is 8.87. The van der Waals surface area contributed by atoms with Crippen LogP contribution in [0.1, 0.15) is 36.9 Å². The van der Waals surface area contributed by atoms with Gasteiger partial charge in [-0.25, -0.2) is 0 Å². The zero-order valence-corrected chi connectivity index (χ0v) is 15.0. The molecule has 2 aromatic carbocycles. The Kier molecular flexibility index (Phi) is 5.44. The fourth-order valence-corrected chi connectivity index (χ4v) is 3.05. The highest BCUT2D eigenvalue weighted by molar-refractivity contribution is 6.35. The second kappa shape index (κ2) is 7.56. The Morgan fingerprint density at radius 3 is 2.33 bits per heavy atom. The Morgan fingerprint density at radius 1 is 1.12 bits per heavy atom. The van der Waals surface area contributed by atoms with Crippen molar-refractivity contribution in [1.82, 2.24) is 5.32 Å². The van der Waals surface area contributed by atoms with E-state index in [9.17, 15) is 4.79 Å². The average Bonchev–Trinajstić information content (AvgIpc) is 3.40. The van der Waals surface area contributed by atoms with E-state index in [2.05, 4.69) is 17.6 Å². The van der Waals surface area contributed by atoms with Crippen LogP contribution in [0.15, 0.2) is 42.5 Å². The lowest BCUT2D eigenvalue weighted by Crippen LogP contribution is -2.18. The largest absolute Gasteiger partial charge is 0.326 e. The van der Waals surface area contributed by atoms with Gasteiger partial charge in [-0.3, -0.25) is 4.79 Å². The summed E-state index contributed by atoms with van der Waals surface area (Å²) in [6.07, 6.45) is 2.02. The zero-order valence-electron chi connectivity index (χ0n) is 13.5. The van der Waals surface area contributed by atoms with Crippen molar-refractivity contribution in [3.05, 3.63) is 63.6 Å². The molecule has 5 heteroatoms. The fraction of sp³-hybridized carbons (Fsp3) is 0.316. The number of anilines is 1. The van der Waals surface area contributed by atoms with Crippen LogP contribution in [-0.2, 0) is 11.3 Å². The van der Waals surface area contributed by atoms with Crippen LogP contribution in [0.25, 0.3) is 0 Å². The zero-order chi connectivity index (χ0) is 17.1. The molecule has 1 aliphatic carbocycles. The van der Waals surface area contributed by atoms with Crippen molar-refractivity contribution in [1.29, 1.82) is 0 Å². The van der Waals surface area contributed by atoms with Gasteiger partial charge >= 0.3 is 0 Å². The Morgan fingerprint density at radius 2 is 1.75 bits per heavy atom. The number of carbonyl (C=O) groups is 1. The lowest BCUT2D eigenvalue weighted by Gasteiger charge is -2.16. The smallest absolute Gasteiger partial charge is 0.227 e. The first-order valence-electron chi connectivity index (χ1n) is 8.11. The number of benzene rings is 2. The van der Waals surface area contributed by atoms with Crippen LogP contribution in [0, 0.1) is 5.92 Å². The molecule has 3 rings (SSSR count). The summed E-state index contributed by atoms with van der Waals surface area (Å²) in [6, 6.07) is 13.6. The molecule has 24 heavy (non-hydrogen) atoms. The molecule has 0 aromatic heterocycles. The van der Waals surface area contributed by atoms with Gasteiger partial charge in [0, 0.05) is 39.8 Å². The lowest BCUT2D eigenvalue weighted by molar-refractivity contribution is -0.117. The lowest BCUT2D eigenvalue weighted by atomic mass is 10.1. The van der Waals surface area contributed by atoms with Gasteiger partial charge in [-0.2, -0.15) is 0 Å². The van der Waals surface area contributed by atoms with E-state index in [1.165, 1.54) is 0 Å². The quantitative estimate of drug-likeness (QED) is 0.741. The third kappa shape index (κ3) is 4.29. The highest BCUT2D eigenvalue weighted by atomic mass is 35.5. The van der Waals surface area contributed by atoms with Crippen molar-refractivity contribution in [3.63, 3.8) is 0 Å². The summed E-state index contributed by atoms with van der Waals surface area (Å²) < 4.78 is 0. The Bertz CT molecular complexity index is 706. The van der Waals surface area contributed by atoms with Gasteiger partial charge in [0.15, 0.2) is 0 Å². The number of carbonyl (C=O) groups excluding carboxylic acids is 1. The molecule has 0 heterocycles. The molecule has 1 unspecified atom stereocenters. The molecule has 1 fully saturated rings. The minimum Gasteiger partial charge on any atom is -0.326 e. The first-order chi connectivity index (χ1) is 11.5. The summed E-state index contributed by atoms with van der Waals surface area (Å²) in [4.78, 5) is 11.8. The van der Waals surface area contributed by atoms with E-state index in [-0.39, 0.29) is 17.9 Å². The molecule has 1 aliphatic rings. The summed E-state index contributed by atoms with van der Waals surface area (Å²) >= 11 is 12.4. The van der Waals surface area contributed by atoms with E-state index < -0.39 is 0 Å². The molecule has 0 aliphatic heterocycles. The van der Waals surface area contributed by atoms with Gasteiger partial charge in [0.1, 0.15) is 0 Å². The molecule has 126 valence electrons. The van der Waals surface area contributed by atoms with E-state index >= 15 is 0 Å².